The Morgan fingerprint density at radius 1 is 1.20 bits per heavy atom. The van der Waals surface area contributed by atoms with Crippen molar-refractivity contribution in [3.63, 3.8) is 0 Å². The zero-order valence-electron chi connectivity index (χ0n) is 14.2. The lowest BCUT2D eigenvalue weighted by Gasteiger charge is -2.26. The number of carbonyl (C=O) groups is 1. The van der Waals surface area contributed by atoms with Crippen LogP contribution in [0.4, 0.5) is 0 Å². The summed E-state index contributed by atoms with van der Waals surface area (Å²) in [6, 6.07) is 13.7. The van der Waals surface area contributed by atoms with Crippen LogP contribution in [0.25, 0.3) is 11.1 Å². The summed E-state index contributed by atoms with van der Waals surface area (Å²) in [6.07, 6.45) is 0. The van der Waals surface area contributed by atoms with E-state index < -0.39 is 5.60 Å². The summed E-state index contributed by atoms with van der Waals surface area (Å²) in [5.41, 5.74) is 2.85. The average molecular weight is 339 g/mol. The highest BCUT2D eigenvalue weighted by Crippen LogP contribution is 2.48. The first-order chi connectivity index (χ1) is 12.1. The Morgan fingerprint density at radius 3 is 2.84 bits per heavy atom. The van der Waals surface area contributed by atoms with E-state index in [2.05, 4.69) is 0 Å². The van der Waals surface area contributed by atoms with Crippen LogP contribution < -0.4 is 4.74 Å². The first-order valence-electron chi connectivity index (χ1n) is 8.52. The molecule has 0 bridgehead atoms. The van der Waals surface area contributed by atoms with Crippen molar-refractivity contribution in [2.45, 2.75) is 12.5 Å². The number of rotatable bonds is 4. The van der Waals surface area contributed by atoms with E-state index in [9.17, 15) is 9.90 Å². The zero-order valence-corrected chi connectivity index (χ0v) is 14.2. The van der Waals surface area contributed by atoms with Crippen molar-refractivity contribution in [2.24, 2.45) is 0 Å². The Kier molecular flexibility index (Phi) is 3.98. The number of amides is 1. The van der Waals surface area contributed by atoms with Crippen LogP contribution in [0, 0.1) is 0 Å². The average Bonchev–Trinajstić information content (AvgIpc) is 2.85. The third-order valence-electron chi connectivity index (χ3n) is 4.97. The Morgan fingerprint density at radius 2 is 2.00 bits per heavy atom. The lowest BCUT2D eigenvalue weighted by Crippen LogP contribution is -2.43. The van der Waals surface area contributed by atoms with Gasteiger partial charge < -0.3 is 19.5 Å². The van der Waals surface area contributed by atoms with E-state index in [1.807, 2.05) is 49.4 Å². The van der Waals surface area contributed by atoms with E-state index in [4.69, 9.17) is 9.47 Å². The molecule has 0 saturated carbocycles. The predicted molar refractivity (Wildman–Crippen MR) is 93.4 cm³/mol. The molecule has 2 aromatic rings. The minimum absolute atomic E-state index is 0.00202. The molecule has 4 rings (SSSR count). The van der Waals surface area contributed by atoms with Gasteiger partial charge in [-0.15, -0.1) is 0 Å². The molecule has 1 N–H and O–H groups in total. The van der Waals surface area contributed by atoms with Crippen LogP contribution in [-0.2, 0) is 15.1 Å². The zero-order chi connectivity index (χ0) is 17.4. The second kappa shape index (κ2) is 6.17. The van der Waals surface area contributed by atoms with Crippen molar-refractivity contribution in [1.29, 1.82) is 0 Å². The van der Waals surface area contributed by atoms with E-state index in [1.54, 1.807) is 4.90 Å². The molecule has 1 fully saturated rings. The number of morpholine rings is 1. The van der Waals surface area contributed by atoms with E-state index in [-0.39, 0.29) is 12.5 Å². The number of nitrogens with zero attached hydrogens (tertiary/aromatic N) is 1. The topological polar surface area (TPSA) is 59.0 Å². The molecule has 0 aromatic heterocycles. The highest BCUT2D eigenvalue weighted by molar-refractivity contribution is 5.80. The van der Waals surface area contributed by atoms with Crippen LogP contribution in [0.1, 0.15) is 18.1 Å². The maximum atomic E-state index is 11.7. The highest BCUT2D eigenvalue weighted by atomic mass is 16.5. The van der Waals surface area contributed by atoms with Gasteiger partial charge in [-0.3, -0.25) is 4.79 Å². The number of carbonyl (C=O) groups excluding carboxylic acids is 1. The Bertz CT molecular complexity index is 815. The van der Waals surface area contributed by atoms with Crippen LogP contribution in [0.5, 0.6) is 5.75 Å². The number of hydrogen-bond donors (Lipinski definition) is 1. The number of aliphatic hydroxyl groups is 1. The van der Waals surface area contributed by atoms with Gasteiger partial charge >= 0.3 is 0 Å². The number of ether oxygens (including phenoxy) is 2. The quantitative estimate of drug-likeness (QED) is 0.927. The Balaban J connectivity index is 1.49. The molecule has 1 atom stereocenters. The Labute approximate surface area is 146 Å². The monoisotopic (exact) mass is 339 g/mol. The molecule has 5 heteroatoms. The van der Waals surface area contributed by atoms with Crippen molar-refractivity contribution in [2.75, 3.05) is 32.9 Å². The maximum Gasteiger partial charge on any atom is 0.248 e. The van der Waals surface area contributed by atoms with Gasteiger partial charge in [0.25, 0.3) is 0 Å². The van der Waals surface area contributed by atoms with E-state index in [1.165, 1.54) is 0 Å². The molecular weight excluding hydrogens is 318 g/mol. The Hall–Kier alpha value is -2.37. The summed E-state index contributed by atoms with van der Waals surface area (Å²) in [4.78, 5) is 13.5. The minimum Gasteiger partial charge on any atom is -0.492 e. The first-order valence-corrected chi connectivity index (χ1v) is 8.52. The molecule has 1 heterocycles. The summed E-state index contributed by atoms with van der Waals surface area (Å²) in [5.74, 6) is 0.703. The highest BCUT2D eigenvalue weighted by Gasteiger charge is 2.37. The molecule has 2 aromatic carbocycles. The van der Waals surface area contributed by atoms with E-state index >= 15 is 0 Å². The van der Waals surface area contributed by atoms with Crippen molar-refractivity contribution in [3.05, 3.63) is 53.6 Å². The van der Waals surface area contributed by atoms with Gasteiger partial charge in [0.1, 0.15) is 24.6 Å². The molecular formula is C20H21NO4. The molecule has 25 heavy (non-hydrogen) atoms. The van der Waals surface area contributed by atoms with Gasteiger partial charge in [0.2, 0.25) is 5.91 Å². The van der Waals surface area contributed by atoms with Crippen LogP contribution in [-0.4, -0.2) is 48.8 Å². The summed E-state index contributed by atoms with van der Waals surface area (Å²) in [5, 5.41) is 11.0. The van der Waals surface area contributed by atoms with Crippen LogP contribution >= 0.6 is 0 Å². The number of fused-ring (bicyclic) bond motifs is 3. The normalized spacial score (nSPS) is 21.8. The van der Waals surface area contributed by atoms with Gasteiger partial charge in [0, 0.05) is 6.54 Å². The summed E-state index contributed by atoms with van der Waals surface area (Å²) in [6.45, 7) is 4.10. The molecule has 2 aliphatic rings. The van der Waals surface area contributed by atoms with Crippen molar-refractivity contribution in [1.82, 2.24) is 4.90 Å². The standard InChI is InChI=1S/C20H21NO4/c1-20(23)17-5-3-2-4-15(17)16-7-6-14(12-18(16)20)25-11-9-21-8-10-24-13-19(21)22/h2-7,12,23H,8-11,13H2,1H3. The van der Waals surface area contributed by atoms with Crippen molar-refractivity contribution in [3.8, 4) is 16.9 Å². The van der Waals surface area contributed by atoms with E-state index in [0.717, 1.165) is 22.3 Å². The fourth-order valence-electron chi connectivity index (χ4n) is 3.60. The lowest BCUT2D eigenvalue weighted by atomic mass is 9.94. The summed E-state index contributed by atoms with van der Waals surface area (Å²) >= 11 is 0. The molecule has 0 radical (unpaired) electrons. The van der Waals surface area contributed by atoms with Crippen LogP contribution in [0.3, 0.4) is 0 Å². The smallest absolute Gasteiger partial charge is 0.248 e. The number of hydrogen-bond acceptors (Lipinski definition) is 4. The van der Waals surface area contributed by atoms with E-state index in [0.29, 0.717) is 32.1 Å². The van der Waals surface area contributed by atoms with Gasteiger partial charge in [-0.1, -0.05) is 30.3 Å². The summed E-state index contributed by atoms with van der Waals surface area (Å²) < 4.78 is 10.9. The molecule has 5 nitrogen and oxygen atoms in total. The lowest BCUT2D eigenvalue weighted by molar-refractivity contribution is -0.143. The molecule has 1 aliphatic heterocycles. The second-order valence-electron chi connectivity index (χ2n) is 6.61. The third-order valence-corrected chi connectivity index (χ3v) is 4.97. The fraction of sp³-hybridized carbons (Fsp3) is 0.350. The SMILES string of the molecule is CC1(O)c2ccccc2-c2ccc(OCCN3CCOCC3=O)cc21. The maximum absolute atomic E-state index is 11.7. The van der Waals surface area contributed by atoms with Gasteiger partial charge in [0.05, 0.1) is 13.2 Å². The van der Waals surface area contributed by atoms with Crippen molar-refractivity contribution < 1.29 is 19.4 Å². The molecule has 1 unspecified atom stereocenters. The molecule has 1 aliphatic carbocycles. The summed E-state index contributed by atoms with van der Waals surface area (Å²) in [7, 11) is 0. The van der Waals surface area contributed by atoms with Gasteiger partial charge in [0.15, 0.2) is 0 Å². The molecule has 1 amide bonds. The van der Waals surface area contributed by atoms with Crippen LogP contribution in [0.2, 0.25) is 0 Å². The third kappa shape index (κ3) is 2.79. The number of benzene rings is 2. The predicted octanol–water partition coefficient (Wildman–Crippen LogP) is 2.16. The van der Waals surface area contributed by atoms with Gasteiger partial charge in [-0.05, 0) is 41.3 Å². The fourth-order valence-corrected chi connectivity index (χ4v) is 3.60. The van der Waals surface area contributed by atoms with Gasteiger partial charge in [-0.2, -0.15) is 0 Å². The van der Waals surface area contributed by atoms with Gasteiger partial charge in [-0.25, -0.2) is 0 Å². The minimum atomic E-state index is -1.02. The van der Waals surface area contributed by atoms with Crippen molar-refractivity contribution >= 4 is 5.91 Å². The largest absolute Gasteiger partial charge is 0.492 e. The van der Waals surface area contributed by atoms with Crippen LogP contribution in [0.15, 0.2) is 42.5 Å². The molecule has 130 valence electrons. The first kappa shape index (κ1) is 16.1. The second-order valence-corrected chi connectivity index (χ2v) is 6.61. The molecule has 1 saturated heterocycles. The molecule has 0 spiro atoms.